The van der Waals surface area contributed by atoms with Crippen molar-refractivity contribution in [3.8, 4) is 0 Å². The number of nitrogens with zero attached hydrogens (tertiary/aromatic N) is 2. The van der Waals surface area contributed by atoms with Crippen molar-refractivity contribution in [2.24, 2.45) is 7.05 Å². The van der Waals surface area contributed by atoms with Crippen molar-refractivity contribution in [1.82, 2.24) is 14.9 Å². The van der Waals surface area contributed by atoms with Gasteiger partial charge in [-0.3, -0.25) is 4.79 Å². The van der Waals surface area contributed by atoms with E-state index < -0.39 is 0 Å². The van der Waals surface area contributed by atoms with Crippen LogP contribution in [0.5, 0.6) is 0 Å². The summed E-state index contributed by atoms with van der Waals surface area (Å²) in [5, 5.41) is 3.84. The van der Waals surface area contributed by atoms with Gasteiger partial charge in [0.05, 0.1) is 5.75 Å². The highest BCUT2D eigenvalue weighted by Gasteiger charge is 2.05. The van der Waals surface area contributed by atoms with Gasteiger partial charge in [-0.2, -0.15) is 0 Å². The highest BCUT2D eigenvalue weighted by molar-refractivity contribution is 7.99. The van der Waals surface area contributed by atoms with Crippen LogP contribution in [0.3, 0.4) is 0 Å². The van der Waals surface area contributed by atoms with Crippen molar-refractivity contribution in [2.45, 2.75) is 50.6 Å². The van der Waals surface area contributed by atoms with Gasteiger partial charge in [0, 0.05) is 26.0 Å². The maximum Gasteiger partial charge on any atom is 0.230 e. The highest BCUT2D eigenvalue weighted by Crippen LogP contribution is 2.13. The van der Waals surface area contributed by atoms with Gasteiger partial charge in [0.25, 0.3) is 0 Å². The summed E-state index contributed by atoms with van der Waals surface area (Å²) >= 11 is 1.48. The zero-order valence-corrected chi connectivity index (χ0v) is 12.8. The molecule has 0 aliphatic carbocycles. The molecule has 5 heteroatoms. The summed E-state index contributed by atoms with van der Waals surface area (Å²) in [6.45, 7) is 3.02. The standard InChI is InChI=1S/C14H25N3OS/c1-3-4-5-6-7-8-9-15-13(18)12-19-14-16-10-11-17(14)2/h10-11H,3-9,12H2,1-2H3,(H,15,18). The van der Waals surface area contributed by atoms with E-state index in [0.717, 1.165) is 18.1 Å². The average molecular weight is 283 g/mol. The molecule has 0 aliphatic rings. The Morgan fingerprint density at radius 3 is 2.74 bits per heavy atom. The lowest BCUT2D eigenvalue weighted by Gasteiger charge is -2.05. The SMILES string of the molecule is CCCCCCCCNC(=O)CSc1nccn1C. The minimum Gasteiger partial charge on any atom is -0.355 e. The van der Waals surface area contributed by atoms with Crippen molar-refractivity contribution >= 4 is 17.7 Å². The van der Waals surface area contributed by atoms with Gasteiger partial charge in [0.15, 0.2) is 5.16 Å². The molecule has 1 amide bonds. The van der Waals surface area contributed by atoms with Crippen LogP contribution in [0, 0.1) is 0 Å². The Morgan fingerprint density at radius 2 is 2.05 bits per heavy atom. The van der Waals surface area contributed by atoms with Gasteiger partial charge in [0.1, 0.15) is 0 Å². The molecule has 108 valence electrons. The molecule has 0 aromatic carbocycles. The van der Waals surface area contributed by atoms with Gasteiger partial charge in [-0.15, -0.1) is 0 Å². The number of unbranched alkanes of at least 4 members (excludes halogenated alkanes) is 5. The van der Waals surface area contributed by atoms with E-state index in [1.807, 2.05) is 17.8 Å². The van der Waals surface area contributed by atoms with Crippen LogP contribution in [-0.2, 0) is 11.8 Å². The topological polar surface area (TPSA) is 46.9 Å². The largest absolute Gasteiger partial charge is 0.355 e. The molecule has 1 N–H and O–H groups in total. The van der Waals surface area contributed by atoms with Crippen LogP contribution in [0.15, 0.2) is 17.6 Å². The summed E-state index contributed by atoms with van der Waals surface area (Å²) in [4.78, 5) is 15.8. The number of rotatable bonds is 10. The first-order valence-electron chi connectivity index (χ1n) is 7.11. The molecule has 19 heavy (non-hydrogen) atoms. The van der Waals surface area contributed by atoms with Crippen molar-refractivity contribution in [2.75, 3.05) is 12.3 Å². The first kappa shape index (κ1) is 16.1. The van der Waals surface area contributed by atoms with Gasteiger partial charge >= 0.3 is 0 Å². The Morgan fingerprint density at radius 1 is 1.32 bits per heavy atom. The number of hydrogen-bond acceptors (Lipinski definition) is 3. The van der Waals surface area contributed by atoms with Gasteiger partial charge in [-0.25, -0.2) is 4.98 Å². The number of carbonyl (C=O) groups is 1. The van der Waals surface area contributed by atoms with E-state index in [0.29, 0.717) is 5.75 Å². The monoisotopic (exact) mass is 283 g/mol. The van der Waals surface area contributed by atoms with E-state index in [9.17, 15) is 4.79 Å². The second-order valence-electron chi connectivity index (χ2n) is 4.73. The Kier molecular flexibility index (Phi) is 8.38. The average Bonchev–Trinajstić information content (AvgIpc) is 2.81. The zero-order valence-electron chi connectivity index (χ0n) is 12.0. The molecule has 0 atom stereocenters. The second kappa shape index (κ2) is 9.89. The molecule has 0 bridgehead atoms. The number of imidazole rings is 1. The second-order valence-corrected chi connectivity index (χ2v) is 5.67. The molecular weight excluding hydrogens is 258 g/mol. The molecule has 1 heterocycles. The molecule has 0 aliphatic heterocycles. The van der Waals surface area contributed by atoms with Crippen LogP contribution < -0.4 is 5.32 Å². The van der Waals surface area contributed by atoms with Crippen LogP contribution in [0.2, 0.25) is 0 Å². The molecule has 0 saturated heterocycles. The molecule has 0 unspecified atom stereocenters. The minimum atomic E-state index is 0.0987. The Balaban J connectivity index is 1.98. The summed E-state index contributed by atoms with van der Waals surface area (Å²) in [5.41, 5.74) is 0. The first-order chi connectivity index (χ1) is 9.24. The molecular formula is C14H25N3OS. The van der Waals surface area contributed by atoms with E-state index in [-0.39, 0.29) is 5.91 Å². The Bertz CT molecular complexity index is 365. The third-order valence-corrected chi connectivity index (χ3v) is 4.02. The number of aryl methyl sites for hydroxylation is 1. The van der Waals surface area contributed by atoms with E-state index in [1.54, 1.807) is 6.20 Å². The fourth-order valence-electron chi connectivity index (χ4n) is 1.81. The van der Waals surface area contributed by atoms with Crippen molar-refractivity contribution in [3.63, 3.8) is 0 Å². The molecule has 4 nitrogen and oxygen atoms in total. The van der Waals surface area contributed by atoms with Crippen molar-refractivity contribution in [1.29, 1.82) is 0 Å². The predicted octanol–water partition coefficient (Wildman–Crippen LogP) is 2.99. The predicted molar refractivity (Wildman–Crippen MR) is 80.3 cm³/mol. The Labute approximate surface area is 120 Å². The zero-order chi connectivity index (χ0) is 13.9. The van der Waals surface area contributed by atoms with Crippen LogP contribution in [0.4, 0.5) is 0 Å². The lowest BCUT2D eigenvalue weighted by atomic mass is 10.1. The fourth-order valence-corrected chi connectivity index (χ4v) is 2.57. The molecule has 0 saturated carbocycles. The maximum atomic E-state index is 11.6. The van der Waals surface area contributed by atoms with Crippen LogP contribution in [0.1, 0.15) is 45.4 Å². The number of carbonyl (C=O) groups excluding carboxylic acids is 1. The summed E-state index contributed by atoms with van der Waals surface area (Å²) in [7, 11) is 1.93. The quantitative estimate of drug-likeness (QED) is 0.530. The van der Waals surface area contributed by atoms with E-state index in [2.05, 4.69) is 17.2 Å². The van der Waals surface area contributed by atoms with Gasteiger partial charge in [0.2, 0.25) is 5.91 Å². The van der Waals surface area contributed by atoms with E-state index in [4.69, 9.17) is 0 Å². The number of thioether (sulfide) groups is 1. The summed E-state index contributed by atoms with van der Waals surface area (Å²) in [6.07, 6.45) is 11.1. The summed E-state index contributed by atoms with van der Waals surface area (Å²) < 4.78 is 1.92. The van der Waals surface area contributed by atoms with Gasteiger partial charge in [-0.05, 0) is 6.42 Å². The number of nitrogens with one attached hydrogen (secondary N) is 1. The molecule has 0 radical (unpaired) electrons. The number of amides is 1. The maximum absolute atomic E-state index is 11.6. The minimum absolute atomic E-state index is 0.0987. The van der Waals surface area contributed by atoms with E-state index in [1.165, 1.54) is 43.9 Å². The fraction of sp³-hybridized carbons (Fsp3) is 0.714. The van der Waals surface area contributed by atoms with Gasteiger partial charge < -0.3 is 9.88 Å². The summed E-state index contributed by atoms with van der Waals surface area (Å²) in [5.74, 6) is 0.544. The molecule has 1 rings (SSSR count). The first-order valence-corrected chi connectivity index (χ1v) is 8.09. The van der Waals surface area contributed by atoms with Crippen molar-refractivity contribution < 1.29 is 4.79 Å². The van der Waals surface area contributed by atoms with Crippen LogP contribution in [0.25, 0.3) is 0 Å². The molecule has 1 aromatic rings. The molecule has 1 aromatic heterocycles. The summed E-state index contributed by atoms with van der Waals surface area (Å²) in [6, 6.07) is 0. The van der Waals surface area contributed by atoms with Crippen LogP contribution >= 0.6 is 11.8 Å². The van der Waals surface area contributed by atoms with E-state index >= 15 is 0 Å². The molecule has 0 spiro atoms. The molecule has 0 fully saturated rings. The van der Waals surface area contributed by atoms with Crippen LogP contribution in [-0.4, -0.2) is 27.8 Å². The third kappa shape index (κ3) is 7.25. The third-order valence-electron chi connectivity index (χ3n) is 2.96. The lowest BCUT2D eigenvalue weighted by molar-refractivity contribution is -0.118. The number of hydrogen-bond donors (Lipinski definition) is 1. The Hall–Kier alpha value is -0.970. The lowest BCUT2D eigenvalue weighted by Crippen LogP contribution is -2.26. The van der Waals surface area contributed by atoms with Crippen molar-refractivity contribution in [3.05, 3.63) is 12.4 Å². The number of aromatic nitrogens is 2. The smallest absolute Gasteiger partial charge is 0.230 e. The normalized spacial score (nSPS) is 10.6. The van der Waals surface area contributed by atoms with Gasteiger partial charge in [-0.1, -0.05) is 50.8 Å². The highest BCUT2D eigenvalue weighted by atomic mass is 32.2.